The van der Waals surface area contributed by atoms with E-state index in [0.29, 0.717) is 22.0 Å². The van der Waals surface area contributed by atoms with E-state index in [2.05, 4.69) is 15.8 Å². The minimum absolute atomic E-state index is 0.509. The Hall–Kier alpha value is -1.13. The summed E-state index contributed by atoms with van der Waals surface area (Å²) in [5.41, 5.74) is 5.20. The Labute approximate surface area is 141 Å². The summed E-state index contributed by atoms with van der Waals surface area (Å²) in [6.07, 6.45) is 6.78. The summed E-state index contributed by atoms with van der Waals surface area (Å²) < 4.78 is 0. The fourth-order valence-electron chi connectivity index (χ4n) is 4.68. The van der Waals surface area contributed by atoms with Gasteiger partial charge in [-0.2, -0.15) is 5.10 Å². The van der Waals surface area contributed by atoms with Crippen LogP contribution in [-0.2, 0) is 0 Å². The topological polar surface area (TPSA) is 36.4 Å². The van der Waals surface area contributed by atoms with Gasteiger partial charge in [-0.3, -0.25) is 5.43 Å². The Morgan fingerprint density at radius 2 is 1.68 bits per heavy atom. The van der Waals surface area contributed by atoms with Crippen LogP contribution >= 0.6 is 23.8 Å². The summed E-state index contributed by atoms with van der Waals surface area (Å²) in [6, 6.07) is 7.59. The smallest absolute Gasteiger partial charge is 0.191 e. The zero-order valence-electron chi connectivity index (χ0n) is 12.4. The van der Waals surface area contributed by atoms with Crippen molar-refractivity contribution in [2.45, 2.75) is 32.1 Å². The van der Waals surface area contributed by atoms with E-state index >= 15 is 0 Å². The highest BCUT2D eigenvalue weighted by Crippen LogP contribution is 2.52. The zero-order valence-corrected chi connectivity index (χ0v) is 14.0. The maximum absolute atomic E-state index is 6.13. The number of thiocarbonyl (C=S) groups is 1. The fourth-order valence-corrected chi connectivity index (χ4v) is 5.02. The average molecular weight is 334 g/mol. The third-order valence-corrected chi connectivity index (χ3v) is 5.91. The molecule has 0 saturated heterocycles. The molecule has 3 nitrogen and oxygen atoms in total. The molecule has 5 rings (SSSR count). The zero-order chi connectivity index (χ0) is 15.1. The molecule has 1 aromatic carbocycles. The van der Waals surface area contributed by atoms with Crippen LogP contribution < -0.4 is 10.7 Å². The molecule has 22 heavy (non-hydrogen) atoms. The maximum atomic E-state index is 6.13. The van der Waals surface area contributed by atoms with Crippen LogP contribution in [0.5, 0.6) is 0 Å². The highest BCUT2D eigenvalue weighted by atomic mass is 35.5. The van der Waals surface area contributed by atoms with E-state index in [4.69, 9.17) is 23.8 Å². The second kappa shape index (κ2) is 5.82. The second-order valence-electron chi connectivity index (χ2n) is 6.89. The molecule has 4 fully saturated rings. The Bertz CT molecular complexity index is 598. The molecule has 2 N–H and O–H groups in total. The maximum Gasteiger partial charge on any atom is 0.191 e. The van der Waals surface area contributed by atoms with Crippen LogP contribution in [-0.4, -0.2) is 10.8 Å². The lowest BCUT2D eigenvalue weighted by atomic mass is 9.55. The first-order valence-corrected chi connectivity index (χ1v) is 8.86. The number of hydrazone groups is 1. The van der Waals surface area contributed by atoms with Gasteiger partial charge in [-0.15, -0.1) is 0 Å². The van der Waals surface area contributed by atoms with Crippen LogP contribution in [0.25, 0.3) is 0 Å². The normalized spacial score (nSPS) is 32.0. The lowest BCUT2D eigenvalue weighted by Crippen LogP contribution is -2.46. The van der Waals surface area contributed by atoms with Crippen LogP contribution in [0.1, 0.15) is 32.1 Å². The van der Waals surface area contributed by atoms with E-state index in [1.54, 1.807) is 0 Å². The third kappa shape index (κ3) is 2.74. The number of para-hydroxylation sites is 1. The Balaban J connectivity index is 1.41. The predicted molar refractivity (Wildman–Crippen MR) is 95.3 cm³/mol. The standard InChI is InChI=1S/C17H20ClN3S/c18-14-3-1-2-4-15(14)19-17(22)21-20-16-12-6-10-5-11(8-12)9-13(16)7-10/h1-4,10-13H,5-9H2,(H2,19,21,22). The van der Waals surface area contributed by atoms with Crippen molar-refractivity contribution < 1.29 is 0 Å². The number of anilines is 1. The third-order valence-electron chi connectivity index (χ3n) is 5.38. The van der Waals surface area contributed by atoms with Gasteiger partial charge in [-0.25, -0.2) is 0 Å². The van der Waals surface area contributed by atoms with Gasteiger partial charge in [0.1, 0.15) is 0 Å². The minimum Gasteiger partial charge on any atom is -0.330 e. The van der Waals surface area contributed by atoms with Crippen molar-refractivity contribution in [2.75, 3.05) is 5.32 Å². The van der Waals surface area contributed by atoms with Crippen molar-refractivity contribution in [1.29, 1.82) is 0 Å². The number of hydrogen-bond donors (Lipinski definition) is 2. The molecule has 4 bridgehead atoms. The number of rotatable bonds is 2. The van der Waals surface area contributed by atoms with Crippen molar-refractivity contribution >= 4 is 40.3 Å². The van der Waals surface area contributed by atoms with E-state index < -0.39 is 0 Å². The number of nitrogens with zero attached hydrogens (tertiary/aromatic N) is 1. The molecule has 4 aliphatic carbocycles. The lowest BCUT2D eigenvalue weighted by Gasteiger charge is -2.50. The number of nitrogens with one attached hydrogen (secondary N) is 2. The molecule has 4 saturated carbocycles. The van der Waals surface area contributed by atoms with E-state index in [1.807, 2.05) is 24.3 Å². The Kier molecular flexibility index (Phi) is 3.82. The van der Waals surface area contributed by atoms with Gasteiger partial charge < -0.3 is 5.32 Å². The van der Waals surface area contributed by atoms with Gasteiger partial charge in [0.25, 0.3) is 0 Å². The van der Waals surface area contributed by atoms with E-state index in [1.165, 1.54) is 37.8 Å². The molecular weight excluding hydrogens is 314 g/mol. The summed E-state index contributed by atoms with van der Waals surface area (Å²) in [4.78, 5) is 0. The molecule has 0 radical (unpaired) electrons. The van der Waals surface area contributed by atoms with Gasteiger partial charge in [0, 0.05) is 5.71 Å². The SMILES string of the molecule is S=C(NN=C1C2CC3CC(C2)CC1C3)Nc1ccccc1Cl. The molecule has 4 aliphatic rings. The molecule has 116 valence electrons. The van der Waals surface area contributed by atoms with Gasteiger partial charge in [0.15, 0.2) is 5.11 Å². The fraction of sp³-hybridized carbons (Fsp3) is 0.529. The van der Waals surface area contributed by atoms with Crippen molar-refractivity contribution in [1.82, 2.24) is 5.43 Å². The molecule has 0 unspecified atom stereocenters. The van der Waals surface area contributed by atoms with Gasteiger partial charge in [0.05, 0.1) is 10.7 Å². The van der Waals surface area contributed by atoms with Gasteiger partial charge in [-0.1, -0.05) is 23.7 Å². The summed E-state index contributed by atoms with van der Waals surface area (Å²) in [5, 5.41) is 8.95. The van der Waals surface area contributed by atoms with E-state index in [-0.39, 0.29) is 0 Å². The average Bonchev–Trinajstić information content (AvgIpc) is 2.48. The first-order chi connectivity index (χ1) is 10.7. The van der Waals surface area contributed by atoms with Crippen molar-refractivity contribution in [3.05, 3.63) is 29.3 Å². The van der Waals surface area contributed by atoms with Gasteiger partial charge in [0.2, 0.25) is 0 Å². The first kappa shape index (κ1) is 14.5. The summed E-state index contributed by atoms with van der Waals surface area (Å²) in [5.74, 6) is 3.28. The summed E-state index contributed by atoms with van der Waals surface area (Å²) in [7, 11) is 0. The number of hydrogen-bond acceptors (Lipinski definition) is 2. The van der Waals surface area contributed by atoms with Crippen LogP contribution in [0, 0.1) is 23.7 Å². The molecular formula is C17H20ClN3S. The predicted octanol–water partition coefficient (Wildman–Crippen LogP) is 4.44. The number of halogens is 1. The van der Waals surface area contributed by atoms with Crippen LogP contribution in [0.3, 0.4) is 0 Å². The Morgan fingerprint density at radius 1 is 1.05 bits per heavy atom. The van der Waals surface area contributed by atoms with Crippen LogP contribution in [0.15, 0.2) is 29.4 Å². The molecule has 1 aromatic rings. The van der Waals surface area contributed by atoms with Crippen LogP contribution in [0.4, 0.5) is 5.69 Å². The summed E-state index contributed by atoms with van der Waals surface area (Å²) >= 11 is 11.5. The molecule has 0 amide bonds. The van der Waals surface area contributed by atoms with Crippen molar-refractivity contribution in [3.8, 4) is 0 Å². The first-order valence-electron chi connectivity index (χ1n) is 8.08. The monoisotopic (exact) mass is 333 g/mol. The highest BCUT2D eigenvalue weighted by molar-refractivity contribution is 7.80. The Morgan fingerprint density at radius 3 is 2.32 bits per heavy atom. The largest absolute Gasteiger partial charge is 0.330 e. The minimum atomic E-state index is 0.509. The van der Waals surface area contributed by atoms with Crippen LogP contribution in [0.2, 0.25) is 5.02 Å². The second-order valence-corrected chi connectivity index (χ2v) is 7.70. The lowest BCUT2D eigenvalue weighted by molar-refractivity contribution is 0.108. The van der Waals surface area contributed by atoms with E-state index in [0.717, 1.165) is 17.5 Å². The molecule has 0 spiro atoms. The van der Waals surface area contributed by atoms with Crippen molar-refractivity contribution in [3.63, 3.8) is 0 Å². The number of benzene rings is 1. The summed E-state index contributed by atoms with van der Waals surface area (Å²) in [6.45, 7) is 0. The highest BCUT2D eigenvalue weighted by Gasteiger charge is 2.46. The van der Waals surface area contributed by atoms with Crippen molar-refractivity contribution in [2.24, 2.45) is 28.8 Å². The van der Waals surface area contributed by atoms with E-state index in [9.17, 15) is 0 Å². The van der Waals surface area contributed by atoms with Gasteiger partial charge >= 0.3 is 0 Å². The molecule has 0 aliphatic heterocycles. The molecule has 0 aromatic heterocycles. The molecule has 0 atom stereocenters. The molecule has 5 heteroatoms. The quantitative estimate of drug-likeness (QED) is 0.620. The van der Waals surface area contributed by atoms with Gasteiger partial charge in [-0.05, 0) is 80.1 Å². The molecule has 0 heterocycles.